The Morgan fingerprint density at radius 2 is 1.84 bits per heavy atom. The molecule has 0 atom stereocenters. The zero-order valence-electron chi connectivity index (χ0n) is 17.2. The van der Waals surface area contributed by atoms with Gasteiger partial charge in [0.25, 0.3) is 0 Å². The summed E-state index contributed by atoms with van der Waals surface area (Å²) >= 11 is 15.9. The van der Waals surface area contributed by atoms with Gasteiger partial charge >= 0.3 is 0 Å². The van der Waals surface area contributed by atoms with Gasteiger partial charge < -0.3 is 14.9 Å². The van der Waals surface area contributed by atoms with Crippen molar-refractivity contribution in [3.05, 3.63) is 91.4 Å². The van der Waals surface area contributed by atoms with Gasteiger partial charge in [-0.3, -0.25) is 0 Å². The van der Waals surface area contributed by atoms with Crippen LogP contribution >= 0.6 is 39.1 Å². The van der Waals surface area contributed by atoms with Crippen molar-refractivity contribution in [3.63, 3.8) is 0 Å². The lowest BCUT2D eigenvalue weighted by molar-refractivity contribution is 0.267. The van der Waals surface area contributed by atoms with E-state index in [9.17, 15) is 5.26 Å². The first-order valence-corrected chi connectivity index (χ1v) is 11.3. The molecule has 0 saturated carbocycles. The van der Waals surface area contributed by atoms with Gasteiger partial charge in [0.1, 0.15) is 6.61 Å². The molecule has 3 aromatic carbocycles. The van der Waals surface area contributed by atoms with Gasteiger partial charge in [0.15, 0.2) is 11.5 Å². The normalized spacial score (nSPS) is 10.7. The zero-order chi connectivity index (χ0) is 22.9. The van der Waals surface area contributed by atoms with Crippen LogP contribution in [0.5, 0.6) is 11.5 Å². The molecule has 0 fully saturated rings. The zero-order valence-corrected chi connectivity index (χ0v) is 20.3. The molecule has 0 aliphatic carbocycles. The second kappa shape index (κ2) is 11.8. The molecular formula is C24H20BrCl2N3O2. The number of halogens is 3. The molecule has 164 valence electrons. The van der Waals surface area contributed by atoms with E-state index in [1.807, 2.05) is 37.3 Å². The minimum absolute atomic E-state index is 0.246. The van der Waals surface area contributed by atoms with Crippen LogP contribution in [-0.4, -0.2) is 12.8 Å². The van der Waals surface area contributed by atoms with Crippen molar-refractivity contribution in [3.8, 4) is 17.6 Å². The third kappa shape index (κ3) is 6.17. The Bertz CT molecular complexity index is 1140. The fourth-order valence-electron chi connectivity index (χ4n) is 2.92. The lowest BCUT2D eigenvalue weighted by Gasteiger charge is -2.15. The molecule has 0 heterocycles. The standard InChI is InChI=1S/C24H20BrCl2N3O2/c1-2-31-23-11-16(13-29-30-14-19-21(26)8-5-9-22(19)27)10-20(25)24(23)32-15-18-7-4-3-6-17(18)12-28/h3-11,13,30H,2,14-15H2,1H3/b29-13-. The van der Waals surface area contributed by atoms with Crippen LogP contribution in [0.3, 0.4) is 0 Å². The number of hydrogen-bond donors (Lipinski definition) is 1. The van der Waals surface area contributed by atoms with Gasteiger partial charge in [0.05, 0.1) is 35.5 Å². The van der Waals surface area contributed by atoms with Crippen LogP contribution in [0, 0.1) is 11.3 Å². The van der Waals surface area contributed by atoms with Gasteiger partial charge in [-0.15, -0.1) is 0 Å². The molecule has 32 heavy (non-hydrogen) atoms. The van der Waals surface area contributed by atoms with Crippen LogP contribution < -0.4 is 14.9 Å². The Balaban J connectivity index is 1.73. The second-order valence-corrected chi connectivity index (χ2v) is 8.28. The monoisotopic (exact) mass is 531 g/mol. The third-order valence-electron chi connectivity index (χ3n) is 4.46. The fraction of sp³-hybridized carbons (Fsp3) is 0.167. The number of nitrogens with zero attached hydrogens (tertiary/aromatic N) is 2. The van der Waals surface area contributed by atoms with E-state index in [-0.39, 0.29) is 6.61 Å². The predicted octanol–water partition coefficient (Wildman–Crippen LogP) is 6.73. The summed E-state index contributed by atoms with van der Waals surface area (Å²) in [6, 6.07) is 18.6. The maximum absolute atomic E-state index is 9.28. The van der Waals surface area contributed by atoms with Gasteiger partial charge in [-0.05, 0) is 58.7 Å². The van der Waals surface area contributed by atoms with Crippen LogP contribution in [0.2, 0.25) is 10.0 Å². The third-order valence-corrected chi connectivity index (χ3v) is 5.76. The van der Waals surface area contributed by atoms with E-state index < -0.39 is 0 Å². The maximum Gasteiger partial charge on any atom is 0.175 e. The molecule has 0 aliphatic rings. The Kier molecular flexibility index (Phi) is 8.81. The lowest BCUT2D eigenvalue weighted by Crippen LogP contribution is -2.07. The first kappa shape index (κ1) is 23.9. The molecule has 0 saturated heterocycles. The highest BCUT2D eigenvalue weighted by atomic mass is 79.9. The highest BCUT2D eigenvalue weighted by Crippen LogP contribution is 2.37. The van der Waals surface area contributed by atoms with Crippen molar-refractivity contribution in [2.45, 2.75) is 20.1 Å². The summed E-state index contributed by atoms with van der Waals surface area (Å²) in [5.74, 6) is 1.14. The predicted molar refractivity (Wildman–Crippen MR) is 132 cm³/mol. The van der Waals surface area contributed by atoms with Crippen LogP contribution in [0.25, 0.3) is 0 Å². The summed E-state index contributed by atoms with van der Waals surface area (Å²) in [5.41, 5.74) is 5.93. The summed E-state index contributed by atoms with van der Waals surface area (Å²) in [6.07, 6.45) is 1.67. The molecule has 5 nitrogen and oxygen atoms in total. The molecule has 0 amide bonds. The summed E-state index contributed by atoms with van der Waals surface area (Å²) in [4.78, 5) is 0. The Morgan fingerprint density at radius 1 is 1.09 bits per heavy atom. The van der Waals surface area contributed by atoms with E-state index in [2.05, 4.69) is 32.5 Å². The number of benzene rings is 3. The van der Waals surface area contributed by atoms with Gasteiger partial charge in [-0.25, -0.2) is 0 Å². The van der Waals surface area contributed by atoms with E-state index in [1.54, 1.807) is 30.5 Å². The average Bonchev–Trinajstić information content (AvgIpc) is 2.78. The Morgan fingerprint density at radius 3 is 2.56 bits per heavy atom. The molecule has 0 aromatic heterocycles. The molecule has 1 N–H and O–H groups in total. The van der Waals surface area contributed by atoms with E-state index in [1.165, 1.54) is 0 Å². The van der Waals surface area contributed by atoms with E-state index in [0.29, 0.717) is 44.7 Å². The second-order valence-electron chi connectivity index (χ2n) is 6.61. The van der Waals surface area contributed by atoms with Crippen LogP contribution in [-0.2, 0) is 13.2 Å². The van der Waals surface area contributed by atoms with E-state index in [4.69, 9.17) is 32.7 Å². The van der Waals surface area contributed by atoms with Crippen molar-refractivity contribution in [2.75, 3.05) is 6.61 Å². The van der Waals surface area contributed by atoms with Crippen LogP contribution in [0.15, 0.2) is 64.2 Å². The number of rotatable bonds is 9. The molecule has 0 spiro atoms. The SMILES string of the molecule is CCOc1cc(/C=N\NCc2c(Cl)cccc2Cl)cc(Br)c1OCc1ccccc1C#N. The van der Waals surface area contributed by atoms with Crippen molar-refractivity contribution >= 4 is 45.3 Å². The van der Waals surface area contributed by atoms with Gasteiger partial charge in [0, 0.05) is 21.2 Å². The van der Waals surface area contributed by atoms with Crippen LogP contribution in [0.4, 0.5) is 0 Å². The van der Waals surface area contributed by atoms with Crippen molar-refractivity contribution < 1.29 is 9.47 Å². The van der Waals surface area contributed by atoms with Crippen LogP contribution in [0.1, 0.15) is 29.2 Å². The number of nitriles is 1. The summed E-state index contributed by atoms with van der Waals surface area (Å²) in [6.45, 7) is 3.02. The highest BCUT2D eigenvalue weighted by Gasteiger charge is 2.13. The topological polar surface area (TPSA) is 66.6 Å². The fourth-order valence-corrected chi connectivity index (χ4v) is 4.02. The number of ether oxygens (including phenoxy) is 2. The highest BCUT2D eigenvalue weighted by molar-refractivity contribution is 9.10. The van der Waals surface area contributed by atoms with Crippen molar-refractivity contribution in [2.24, 2.45) is 5.10 Å². The molecule has 0 aliphatic heterocycles. The number of nitrogens with one attached hydrogen (secondary N) is 1. The molecule has 3 rings (SSSR count). The summed E-state index contributed by atoms with van der Waals surface area (Å²) < 4.78 is 12.5. The summed E-state index contributed by atoms with van der Waals surface area (Å²) in [5, 5.41) is 14.7. The molecule has 0 radical (unpaired) electrons. The number of hydrazone groups is 1. The first-order chi connectivity index (χ1) is 15.5. The van der Waals surface area contributed by atoms with Gasteiger partial charge in [0.2, 0.25) is 0 Å². The Labute approximate surface area is 205 Å². The number of hydrogen-bond acceptors (Lipinski definition) is 5. The molecule has 0 unspecified atom stereocenters. The minimum Gasteiger partial charge on any atom is -0.490 e. The first-order valence-electron chi connectivity index (χ1n) is 9.79. The maximum atomic E-state index is 9.28. The lowest BCUT2D eigenvalue weighted by atomic mass is 10.1. The summed E-state index contributed by atoms with van der Waals surface area (Å²) in [7, 11) is 0. The molecule has 3 aromatic rings. The minimum atomic E-state index is 0.246. The smallest absolute Gasteiger partial charge is 0.175 e. The molecule has 8 heteroatoms. The quantitative estimate of drug-likeness (QED) is 0.245. The van der Waals surface area contributed by atoms with E-state index >= 15 is 0 Å². The largest absolute Gasteiger partial charge is 0.490 e. The van der Waals surface area contributed by atoms with Crippen molar-refractivity contribution in [1.82, 2.24) is 5.43 Å². The molecular weight excluding hydrogens is 513 g/mol. The average molecular weight is 533 g/mol. The van der Waals surface area contributed by atoms with E-state index in [0.717, 1.165) is 16.7 Å². The Hall–Kier alpha value is -2.72. The molecule has 0 bridgehead atoms. The van der Waals surface area contributed by atoms with Gasteiger partial charge in [-0.1, -0.05) is 47.5 Å². The van der Waals surface area contributed by atoms with Crippen molar-refractivity contribution in [1.29, 1.82) is 5.26 Å². The van der Waals surface area contributed by atoms with Gasteiger partial charge in [-0.2, -0.15) is 10.4 Å².